The molecule has 2 aromatic rings. The van der Waals surface area contributed by atoms with Crippen LogP contribution < -0.4 is 10.1 Å². The summed E-state index contributed by atoms with van der Waals surface area (Å²) in [6, 6.07) is 12.7. The zero-order valence-corrected chi connectivity index (χ0v) is 21.3. The van der Waals surface area contributed by atoms with Crippen molar-refractivity contribution in [3.8, 4) is 5.75 Å². The molecule has 1 fully saturated rings. The van der Waals surface area contributed by atoms with E-state index in [0.29, 0.717) is 22.3 Å². The van der Waals surface area contributed by atoms with E-state index in [4.69, 9.17) is 27.9 Å². The number of halogens is 2. The first-order chi connectivity index (χ1) is 15.9. The molecule has 0 heterocycles. The van der Waals surface area contributed by atoms with Gasteiger partial charge in [-0.15, -0.1) is 11.8 Å². The second-order valence-electron chi connectivity index (χ2n) is 8.28. The maximum absolute atomic E-state index is 13.2. The summed E-state index contributed by atoms with van der Waals surface area (Å²) in [5.74, 6) is 1.46. The van der Waals surface area contributed by atoms with Crippen LogP contribution in [0.3, 0.4) is 0 Å². The smallest absolute Gasteiger partial charge is 0.242 e. The number of rotatable bonds is 10. The van der Waals surface area contributed by atoms with E-state index in [1.165, 1.54) is 11.8 Å². The first-order valence-corrected chi connectivity index (χ1v) is 13.0. The van der Waals surface area contributed by atoms with Crippen LogP contribution >= 0.6 is 35.0 Å². The number of carbonyl (C=O) groups excluding carboxylic acids is 2. The summed E-state index contributed by atoms with van der Waals surface area (Å²) >= 11 is 13.6. The van der Waals surface area contributed by atoms with Crippen molar-refractivity contribution in [2.75, 3.05) is 12.9 Å². The van der Waals surface area contributed by atoms with Crippen molar-refractivity contribution in [2.24, 2.45) is 0 Å². The van der Waals surface area contributed by atoms with Crippen molar-refractivity contribution >= 4 is 46.8 Å². The van der Waals surface area contributed by atoms with E-state index in [1.807, 2.05) is 36.4 Å². The van der Waals surface area contributed by atoms with Crippen LogP contribution in [-0.4, -0.2) is 41.7 Å². The topological polar surface area (TPSA) is 58.6 Å². The highest BCUT2D eigenvalue weighted by atomic mass is 35.5. The van der Waals surface area contributed by atoms with Crippen molar-refractivity contribution in [1.29, 1.82) is 0 Å². The summed E-state index contributed by atoms with van der Waals surface area (Å²) < 4.78 is 5.23. The highest BCUT2D eigenvalue weighted by molar-refractivity contribution is 7.99. The average molecular weight is 509 g/mol. The molecular weight excluding hydrogens is 479 g/mol. The number of ether oxygens (including phenoxy) is 1. The third-order valence-electron chi connectivity index (χ3n) is 5.86. The number of nitrogens with zero attached hydrogens (tertiary/aromatic N) is 1. The Morgan fingerprint density at radius 3 is 2.39 bits per heavy atom. The zero-order valence-electron chi connectivity index (χ0n) is 19.0. The lowest BCUT2D eigenvalue weighted by Gasteiger charge is -2.29. The number of methoxy groups -OCH3 is 1. The van der Waals surface area contributed by atoms with Crippen LogP contribution in [0.2, 0.25) is 10.0 Å². The van der Waals surface area contributed by atoms with Crippen LogP contribution in [0.1, 0.15) is 43.7 Å². The number of thioether (sulfide) groups is 1. The maximum Gasteiger partial charge on any atom is 0.242 e. The SMILES string of the molecule is COc1ccc(CN(C(=O)CSCc2ccc(Cl)c(Cl)c2)[C@H](C)C(=O)NC2CCCC2)cc1. The maximum atomic E-state index is 13.2. The lowest BCUT2D eigenvalue weighted by molar-refractivity contribution is -0.138. The van der Waals surface area contributed by atoms with E-state index < -0.39 is 6.04 Å². The third kappa shape index (κ3) is 7.56. The minimum absolute atomic E-state index is 0.0787. The molecule has 0 spiro atoms. The van der Waals surface area contributed by atoms with E-state index >= 15 is 0 Å². The number of benzene rings is 2. The molecule has 0 aromatic heterocycles. The van der Waals surface area contributed by atoms with Gasteiger partial charge in [0.25, 0.3) is 0 Å². The summed E-state index contributed by atoms with van der Waals surface area (Å²) in [5, 5.41) is 4.13. The molecule has 0 saturated heterocycles. The molecule has 0 unspecified atom stereocenters. The molecule has 1 atom stereocenters. The van der Waals surface area contributed by atoms with Crippen molar-refractivity contribution in [1.82, 2.24) is 10.2 Å². The number of hydrogen-bond donors (Lipinski definition) is 1. The van der Waals surface area contributed by atoms with Gasteiger partial charge in [0.05, 0.1) is 22.9 Å². The lowest BCUT2D eigenvalue weighted by atomic mass is 10.1. The third-order valence-corrected chi connectivity index (χ3v) is 7.59. The quantitative estimate of drug-likeness (QED) is 0.446. The Morgan fingerprint density at radius 2 is 1.76 bits per heavy atom. The molecule has 8 heteroatoms. The molecule has 178 valence electrons. The highest BCUT2D eigenvalue weighted by Crippen LogP contribution is 2.25. The monoisotopic (exact) mass is 508 g/mol. The van der Waals surface area contributed by atoms with Gasteiger partial charge in [-0.25, -0.2) is 0 Å². The fraction of sp³-hybridized carbons (Fsp3) is 0.440. The van der Waals surface area contributed by atoms with Crippen LogP contribution in [0.4, 0.5) is 0 Å². The second kappa shape index (κ2) is 12.5. The van der Waals surface area contributed by atoms with Gasteiger partial charge < -0.3 is 15.0 Å². The first-order valence-electron chi connectivity index (χ1n) is 11.1. The largest absolute Gasteiger partial charge is 0.497 e. The normalized spacial score (nSPS) is 14.7. The predicted octanol–water partition coefficient (Wildman–Crippen LogP) is 5.71. The van der Waals surface area contributed by atoms with Gasteiger partial charge in [0.15, 0.2) is 0 Å². The van der Waals surface area contributed by atoms with Gasteiger partial charge in [-0.05, 0) is 55.2 Å². The molecule has 0 radical (unpaired) electrons. The van der Waals surface area contributed by atoms with Crippen molar-refractivity contribution in [3.63, 3.8) is 0 Å². The van der Waals surface area contributed by atoms with Crippen molar-refractivity contribution in [2.45, 2.75) is 57.0 Å². The van der Waals surface area contributed by atoms with Crippen LogP contribution in [0.15, 0.2) is 42.5 Å². The Bertz CT molecular complexity index is 949. The number of carbonyl (C=O) groups is 2. The molecule has 5 nitrogen and oxygen atoms in total. The summed E-state index contributed by atoms with van der Waals surface area (Å²) in [6.07, 6.45) is 4.28. The molecule has 3 rings (SSSR count). The minimum atomic E-state index is -0.564. The predicted molar refractivity (Wildman–Crippen MR) is 136 cm³/mol. The van der Waals surface area contributed by atoms with Crippen LogP contribution in [0, 0.1) is 0 Å². The van der Waals surface area contributed by atoms with Gasteiger partial charge in [0.1, 0.15) is 11.8 Å². The van der Waals surface area contributed by atoms with Crippen molar-refractivity contribution in [3.05, 3.63) is 63.6 Å². The Kier molecular flexibility index (Phi) is 9.78. The second-order valence-corrected chi connectivity index (χ2v) is 10.1. The molecule has 1 aliphatic carbocycles. The molecule has 0 bridgehead atoms. The van der Waals surface area contributed by atoms with Gasteiger partial charge in [-0.3, -0.25) is 9.59 Å². The standard InChI is InChI=1S/C25H30Cl2N2O3S/c1-17(25(31)28-20-5-3-4-6-20)29(14-18-7-10-21(32-2)11-8-18)24(30)16-33-15-19-9-12-22(26)23(27)13-19/h7-13,17,20H,3-6,14-16H2,1-2H3,(H,28,31)/t17-/m1/s1. The van der Waals surface area contributed by atoms with Crippen molar-refractivity contribution < 1.29 is 14.3 Å². The number of nitrogens with one attached hydrogen (secondary N) is 1. The minimum Gasteiger partial charge on any atom is -0.497 e. The van der Waals surface area contributed by atoms with E-state index in [0.717, 1.165) is 42.6 Å². The fourth-order valence-corrected chi connectivity index (χ4v) is 5.05. The molecule has 1 aliphatic rings. The van der Waals surface area contributed by atoms with Gasteiger partial charge in [0, 0.05) is 18.3 Å². The van der Waals surface area contributed by atoms with Gasteiger partial charge in [0.2, 0.25) is 11.8 Å². The Labute approximate surface area is 210 Å². The summed E-state index contributed by atoms with van der Waals surface area (Å²) in [7, 11) is 1.62. The molecule has 1 saturated carbocycles. The van der Waals surface area contributed by atoms with E-state index in [2.05, 4.69) is 5.32 Å². The van der Waals surface area contributed by atoms with E-state index in [-0.39, 0.29) is 23.6 Å². The molecule has 2 aromatic carbocycles. The lowest BCUT2D eigenvalue weighted by Crippen LogP contribution is -2.50. The Morgan fingerprint density at radius 1 is 1.09 bits per heavy atom. The average Bonchev–Trinajstić information content (AvgIpc) is 3.32. The number of hydrogen-bond acceptors (Lipinski definition) is 4. The summed E-state index contributed by atoms with van der Waals surface area (Å²) in [6.45, 7) is 2.16. The summed E-state index contributed by atoms with van der Waals surface area (Å²) in [4.78, 5) is 27.8. The fourth-order valence-electron chi connectivity index (χ4n) is 3.87. The summed E-state index contributed by atoms with van der Waals surface area (Å²) in [5.41, 5.74) is 1.94. The van der Waals surface area contributed by atoms with Crippen LogP contribution in [-0.2, 0) is 21.9 Å². The van der Waals surface area contributed by atoms with Crippen LogP contribution in [0.25, 0.3) is 0 Å². The van der Waals surface area contributed by atoms with E-state index in [1.54, 1.807) is 25.0 Å². The zero-order chi connectivity index (χ0) is 23.8. The highest BCUT2D eigenvalue weighted by Gasteiger charge is 2.28. The molecular formula is C25H30Cl2N2O3S. The molecule has 33 heavy (non-hydrogen) atoms. The van der Waals surface area contributed by atoms with E-state index in [9.17, 15) is 9.59 Å². The molecule has 1 N–H and O–H groups in total. The number of amides is 2. The van der Waals surface area contributed by atoms with Gasteiger partial charge in [-0.2, -0.15) is 0 Å². The van der Waals surface area contributed by atoms with Crippen LogP contribution in [0.5, 0.6) is 5.75 Å². The Hall–Kier alpha value is -1.89. The first kappa shape index (κ1) is 25.7. The molecule has 0 aliphatic heterocycles. The van der Waals surface area contributed by atoms with Gasteiger partial charge >= 0.3 is 0 Å². The molecule has 2 amide bonds. The Balaban J connectivity index is 1.66. The van der Waals surface area contributed by atoms with Gasteiger partial charge in [-0.1, -0.05) is 54.2 Å².